The van der Waals surface area contributed by atoms with Gasteiger partial charge in [0.15, 0.2) is 11.5 Å². The van der Waals surface area contributed by atoms with Crippen molar-refractivity contribution < 1.29 is 9.47 Å². The maximum Gasteiger partial charge on any atom is 0.231 e. The van der Waals surface area contributed by atoms with Gasteiger partial charge in [0.25, 0.3) is 0 Å². The molecule has 2 nitrogen and oxygen atoms in total. The standard InChI is InChI=1S/C25H42O2Si2/c1-8-28(9-2,10-3)19-18-25(7,29(11-4,12-5)13-6)17-16-22-14-15-23-24(20-22)27-21-26-23/h14-15,20H,8-13,16-17,21H2,1-7H3. The number of fused-ring (bicyclic) bond motifs is 1. The van der Waals surface area contributed by atoms with Crippen LogP contribution in [0.4, 0.5) is 0 Å². The number of aryl methyl sites for hydroxylation is 1. The molecule has 1 heterocycles. The summed E-state index contributed by atoms with van der Waals surface area (Å²) in [5, 5.41) is 0.166. The van der Waals surface area contributed by atoms with Crippen LogP contribution < -0.4 is 9.47 Å². The van der Waals surface area contributed by atoms with E-state index in [1.165, 1.54) is 41.8 Å². The summed E-state index contributed by atoms with van der Waals surface area (Å²) in [5.41, 5.74) is 5.33. The van der Waals surface area contributed by atoms with E-state index in [4.69, 9.17) is 9.47 Å². The largest absolute Gasteiger partial charge is 0.454 e. The Balaban J connectivity index is 2.37. The topological polar surface area (TPSA) is 18.5 Å². The molecule has 0 fully saturated rings. The van der Waals surface area contributed by atoms with Gasteiger partial charge >= 0.3 is 0 Å². The van der Waals surface area contributed by atoms with Crippen molar-refractivity contribution in [3.8, 4) is 23.0 Å². The van der Waals surface area contributed by atoms with Gasteiger partial charge in [-0.15, -0.1) is 11.5 Å². The van der Waals surface area contributed by atoms with Gasteiger partial charge in [0.05, 0.1) is 8.07 Å². The van der Waals surface area contributed by atoms with Crippen LogP contribution in [0.15, 0.2) is 18.2 Å². The van der Waals surface area contributed by atoms with Gasteiger partial charge in [-0.05, 0) is 48.7 Å². The molecule has 1 aromatic rings. The SMILES string of the molecule is CC[Si](C#CC(C)(CCc1ccc2c(c1)OCO2)[Si](CC)(CC)CC)(CC)CC. The maximum absolute atomic E-state index is 5.60. The fourth-order valence-corrected chi connectivity index (χ4v) is 12.7. The lowest BCUT2D eigenvalue weighted by Crippen LogP contribution is -2.45. The van der Waals surface area contributed by atoms with Crippen LogP contribution in [-0.2, 0) is 6.42 Å². The first-order valence-corrected chi connectivity index (χ1v) is 17.0. The summed E-state index contributed by atoms with van der Waals surface area (Å²) >= 11 is 0. The molecule has 2 rings (SSSR count). The van der Waals surface area contributed by atoms with Crippen molar-refractivity contribution in [1.29, 1.82) is 0 Å². The molecule has 0 saturated carbocycles. The van der Waals surface area contributed by atoms with E-state index in [1.54, 1.807) is 0 Å². The zero-order valence-electron chi connectivity index (χ0n) is 19.9. The number of hydrogen-bond donors (Lipinski definition) is 0. The average Bonchev–Trinajstić information content (AvgIpc) is 3.23. The molecule has 1 aliphatic heterocycles. The maximum atomic E-state index is 5.60. The monoisotopic (exact) mass is 430 g/mol. The lowest BCUT2D eigenvalue weighted by atomic mass is 10.0. The lowest BCUT2D eigenvalue weighted by Gasteiger charge is -2.44. The second kappa shape index (κ2) is 10.2. The Kier molecular flexibility index (Phi) is 8.49. The van der Waals surface area contributed by atoms with Crippen LogP contribution in [0, 0.1) is 11.5 Å². The zero-order valence-corrected chi connectivity index (χ0v) is 21.9. The molecule has 0 N–H and O–H groups in total. The lowest BCUT2D eigenvalue weighted by molar-refractivity contribution is 0.174. The van der Waals surface area contributed by atoms with Crippen molar-refractivity contribution in [2.24, 2.45) is 0 Å². The summed E-state index contributed by atoms with van der Waals surface area (Å²) in [5.74, 6) is 5.80. The van der Waals surface area contributed by atoms with E-state index in [-0.39, 0.29) is 5.04 Å². The third-order valence-corrected chi connectivity index (χ3v) is 19.7. The molecular weight excluding hydrogens is 388 g/mol. The van der Waals surface area contributed by atoms with Gasteiger partial charge in [0.2, 0.25) is 6.79 Å². The highest BCUT2D eigenvalue weighted by molar-refractivity contribution is 6.87. The van der Waals surface area contributed by atoms with Gasteiger partial charge in [-0.2, -0.15) is 0 Å². The molecule has 0 spiro atoms. The first-order valence-electron chi connectivity index (χ1n) is 11.8. The Hall–Kier alpha value is -1.19. The molecule has 29 heavy (non-hydrogen) atoms. The quantitative estimate of drug-likeness (QED) is 0.280. The Morgan fingerprint density at radius 1 is 0.862 bits per heavy atom. The summed E-state index contributed by atoms with van der Waals surface area (Å²) < 4.78 is 11.1. The molecule has 0 bridgehead atoms. The van der Waals surface area contributed by atoms with Crippen LogP contribution in [0.25, 0.3) is 0 Å². The van der Waals surface area contributed by atoms with Crippen molar-refractivity contribution >= 4 is 16.1 Å². The molecule has 1 aromatic carbocycles. The molecule has 1 aliphatic rings. The summed E-state index contributed by atoms with van der Waals surface area (Å²) in [6.07, 6.45) is 2.22. The number of rotatable bonds is 10. The smallest absolute Gasteiger partial charge is 0.231 e. The minimum absolute atomic E-state index is 0.166. The van der Waals surface area contributed by atoms with Crippen LogP contribution in [0.1, 0.15) is 60.5 Å². The molecule has 4 heteroatoms. The summed E-state index contributed by atoms with van der Waals surface area (Å²) in [6, 6.07) is 14.3. The van der Waals surface area contributed by atoms with E-state index in [2.05, 4.69) is 78.1 Å². The second-order valence-corrected chi connectivity index (χ2v) is 19.7. The van der Waals surface area contributed by atoms with Crippen molar-refractivity contribution in [2.45, 2.75) is 103 Å². The Morgan fingerprint density at radius 2 is 1.45 bits per heavy atom. The highest BCUT2D eigenvalue weighted by Crippen LogP contribution is 2.48. The first-order chi connectivity index (χ1) is 13.9. The number of benzene rings is 1. The van der Waals surface area contributed by atoms with Crippen molar-refractivity contribution in [3.05, 3.63) is 23.8 Å². The van der Waals surface area contributed by atoms with Crippen molar-refractivity contribution in [1.82, 2.24) is 0 Å². The van der Waals surface area contributed by atoms with Crippen LogP contribution in [0.2, 0.25) is 41.3 Å². The molecule has 0 aromatic heterocycles. The van der Waals surface area contributed by atoms with Gasteiger partial charge in [0.1, 0.15) is 8.07 Å². The molecule has 0 radical (unpaired) electrons. The fourth-order valence-electron chi connectivity index (χ4n) is 5.16. The van der Waals surface area contributed by atoms with E-state index in [0.29, 0.717) is 6.79 Å². The highest BCUT2D eigenvalue weighted by atomic mass is 28.3. The van der Waals surface area contributed by atoms with Crippen molar-refractivity contribution in [2.75, 3.05) is 6.79 Å². The molecule has 1 atom stereocenters. The zero-order chi connectivity index (χ0) is 21.5. The van der Waals surface area contributed by atoms with Gasteiger partial charge in [0, 0.05) is 5.04 Å². The van der Waals surface area contributed by atoms with Crippen LogP contribution >= 0.6 is 0 Å². The van der Waals surface area contributed by atoms with Gasteiger partial charge in [-0.3, -0.25) is 0 Å². The van der Waals surface area contributed by atoms with E-state index in [9.17, 15) is 0 Å². The van der Waals surface area contributed by atoms with E-state index in [1.807, 2.05) is 0 Å². The Morgan fingerprint density at radius 3 is 2.00 bits per heavy atom. The number of hydrogen-bond acceptors (Lipinski definition) is 2. The summed E-state index contributed by atoms with van der Waals surface area (Å²) in [7, 11) is -2.93. The molecule has 1 unspecified atom stereocenters. The van der Waals surface area contributed by atoms with Crippen LogP contribution in [0.3, 0.4) is 0 Å². The van der Waals surface area contributed by atoms with Crippen LogP contribution in [-0.4, -0.2) is 22.9 Å². The third-order valence-electron chi connectivity index (χ3n) is 8.19. The fraction of sp³-hybridized carbons (Fsp3) is 0.680. The Labute approximate surface area is 181 Å². The molecule has 162 valence electrons. The molecule has 0 saturated heterocycles. The molecule has 0 aliphatic carbocycles. The molecular formula is C25H42O2Si2. The second-order valence-electron chi connectivity index (χ2n) is 8.95. The van der Waals surface area contributed by atoms with Gasteiger partial charge in [-0.1, -0.05) is 72.7 Å². The van der Waals surface area contributed by atoms with Gasteiger partial charge in [-0.25, -0.2) is 0 Å². The van der Waals surface area contributed by atoms with Crippen LogP contribution in [0.5, 0.6) is 11.5 Å². The minimum Gasteiger partial charge on any atom is -0.454 e. The van der Waals surface area contributed by atoms with E-state index in [0.717, 1.165) is 24.3 Å². The predicted octanol–water partition coefficient (Wildman–Crippen LogP) is 7.67. The summed E-state index contributed by atoms with van der Waals surface area (Å²) in [4.78, 5) is 0. The minimum atomic E-state index is -1.49. The first kappa shape index (κ1) is 24.1. The van der Waals surface area contributed by atoms with E-state index < -0.39 is 16.1 Å². The third kappa shape index (κ3) is 4.94. The molecule has 0 amide bonds. The van der Waals surface area contributed by atoms with Crippen molar-refractivity contribution in [3.63, 3.8) is 0 Å². The normalized spacial score (nSPS) is 15.6. The van der Waals surface area contributed by atoms with Gasteiger partial charge < -0.3 is 9.47 Å². The summed E-state index contributed by atoms with van der Waals surface area (Å²) in [6.45, 7) is 17.2. The van der Waals surface area contributed by atoms with E-state index >= 15 is 0 Å². The Bertz CT molecular complexity index is 710. The number of ether oxygens (including phenoxy) is 2. The predicted molar refractivity (Wildman–Crippen MR) is 131 cm³/mol. The average molecular weight is 431 g/mol. The highest BCUT2D eigenvalue weighted by Gasteiger charge is 2.45.